The molecule has 2 saturated carbocycles. The highest BCUT2D eigenvalue weighted by molar-refractivity contribution is 5.86. The summed E-state index contributed by atoms with van der Waals surface area (Å²) in [7, 11) is 0. The lowest BCUT2D eigenvalue weighted by molar-refractivity contribution is -0.114. The highest BCUT2D eigenvalue weighted by atomic mass is 16.6. The van der Waals surface area contributed by atoms with Gasteiger partial charge in [0.2, 0.25) is 12.8 Å². The second-order valence-electron chi connectivity index (χ2n) is 14.8. The maximum atomic E-state index is 12.4. The van der Waals surface area contributed by atoms with Crippen LogP contribution in [-0.4, -0.2) is 85.3 Å². The molecular weight excluding hydrogens is 596 g/mol. The number of hydrogen-bond donors (Lipinski definition) is 4. The SMILES string of the molecule is C=CN(C=O)C(=O)NC1CC(C)(C)CC(C)(CNC(=O)OCCOC(=O)NCC2(C)CC(NC(=O)N(C=C)C=O)CC(C)(C)C2)C1. The van der Waals surface area contributed by atoms with Crippen LogP contribution in [0.5, 0.6) is 0 Å². The summed E-state index contributed by atoms with van der Waals surface area (Å²) in [4.78, 5) is 73.4. The summed E-state index contributed by atoms with van der Waals surface area (Å²) in [6.45, 7) is 19.7. The molecule has 8 amide bonds. The topological polar surface area (TPSA) is 175 Å². The summed E-state index contributed by atoms with van der Waals surface area (Å²) < 4.78 is 10.4. The fourth-order valence-corrected chi connectivity index (χ4v) is 7.53. The van der Waals surface area contributed by atoms with Gasteiger partial charge >= 0.3 is 24.2 Å². The Bertz CT molecular complexity index is 1060. The average molecular weight is 649 g/mol. The Labute approximate surface area is 272 Å². The Morgan fingerprint density at radius 2 is 1.02 bits per heavy atom. The lowest BCUT2D eigenvalue weighted by atomic mass is 9.62. The van der Waals surface area contributed by atoms with Crippen LogP contribution >= 0.6 is 0 Å². The van der Waals surface area contributed by atoms with Crippen LogP contribution < -0.4 is 21.3 Å². The molecule has 0 spiro atoms. The Hall–Kier alpha value is -4.10. The number of alkyl carbamates (subject to hydrolysis) is 2. The van der Waals surface area contributed by atoms with E-state index in [-0.39, 0.29) is 47.0 Å². The fourth-order valence-electron chi connectivity index (χ4n) is 7.53. The smallest absolute Gasteiger partial charge is 0.407 e. The summed E-state index contributed by atoms with van der Waals surface area (Å²) in [6, 6.07) is -1.51. The number of amides is 8. The van der Waals surface area contributed by atoms with Crippen LogP contribution in [-0.2, 0) is 19.1 Å². The maximum absolute atomic E-state index is 12.4. The van der Waals surface area contributed by atoms with E-state index in [1.165, 1.54) is 0 Å². The number of rotatable bonds is 13. The van der Waals surface area contributed by atoms with Gasteiger partial charge in [0.15, 0.2) is 0 Å². The molecule has 14 heteroatoms. The van der Waals surface area contributed by atoms with Crippen molar-refractivity contribution < 1.29 is 38.2 Å². The van der Waals surface area contributed by atoms with Crippen LogP contribution in [0, 0.1) is 21.7 Å². The van der Waals surface area contributed by atoms with E-state index in [9.17, 15) is 28.8 Å². The number of imide groups is 2. The van der Waals surface area contributed by atoms with Gasteiger partial charge in [0.25, 0.3) is 0 Å². The predicted octanol–water partition coefficient (Wildman–Crippen LogP) is 4.23. The molecule has 0 heterocycles. The predicted molar refractivity (Wildman–Crippen MR) is 171 cm³/mol. The third-order valence-corrected chi connectivity index (χ3v) is 8.50. The first-order valence-corrected chi connectivity index (χ1v) is 15.5. The minimum Gasteiger partial charge on any atom is -0.446 e. The van der Waals surface area contributed by atoms with Crippen molar-refractivity contribution in [3.8, 4) is 0 Å². The standard InChI is InChI=1S/C32H52N6O8/c1-9-37(21-39)25(41)35-23-13-29(3,4)17-31(7,15-23)19-33-27(43)45-11-12-46-28(44)34-20-32(8)16-24(14-30(5,6)18-32)36-26(42)38(10-2)22-40/h9-10,21-24H,1-2,11-20H2,3-8H3,(H,33,43)(H,34,44)(H,35,41)(H,36,42). The number of carbonyl (C=O) groups excluding carboxylic acids is 6. The summed E-state index contributed by atoms with van der Waals surface area (Å²) in [5, 5.41) is 11.3. The zero-order chi connectivity index (χ0) is 34.8. The van der Waals surface area contributed by atoms with E-state index in [4.69, 9.17) is 9.47 Å². The lowest BCUT2D eigenvalue weighted by Crippen LogP contribution is -2.52. The molecular formula is C32H52N6O8. The first kappa shape index (κ1) is 38.1. The number of ether oxygens (including phenoxy) is 2. The van der Waals surface area contributed by atoms with Gasteiger partial charge in [0.05, 0.1) is 0 Å². The summed E-state index contributed by atoms with van der Waals surface area (Å²) in [5.74, 6) is 0. The molecule has 0 radical (unpaired) electrons. The monoisotopic (exact) mass is 648 g/mol. The largest absolute Gasteiger partial charge is 0.446 e. The molecule has 0 aromatic rings. The van der Waals surface area contributed by atoms with E-state index in [2.05, 4.69) is 62.1 Å². The molecule has 258 valence electrons. The van der Waals surface area contributed by atoms with Crippen molar-refractivity contribution in [1.82, 2.24) is 31.1 Å². The molecule has 2 fully saturated rings. The van der Waals surface area contributed by atoms with Crippen LogP contribution in [0.3, 0.4) is 0 Å². The van der Waals surface area contributed by atoms with Crippen molar-refractivity contribution in [2.75, 3.05) is 26.3 Å². The average Bonchev–Trinajstić information content (AvgIpc) is 2.92. The van der Waals surface area contributed by atoms with Crippen molar-refractivity contribution in [2.45, 2.75) is 92.2 Å². The second-order valence-corrected chi connectivity index (χ2v) is 14.8. The number of nitrogens with zero attached hydrogens (tertiary/aromatic N) is 2. The van der Waals surface area contributed by atoms with Crippen molar-refractivity contribution in [1.29, 1.82) is 0 Å². The quantitative estimate of drug-likeness (QED) is 0.169. The van der Waals surface area contributed by atoms with Crippen LogP contribution in [0.15, 0.2) is 25.6 Å². The zero-order valence-corrected chi connectivity index (χ0v) is 28.1. The Balaban J connectivity index is 1.77. The van der Waals surface area contributed by atoms with Gasteiger partial charge in [0, 0.05) is 37.6 Å². The molecule has 46 heavy (non-hydrogen) atoms. The van der Waals surface area contributed by atoms with E-state index in [0.717, 1.165) is 35.0 Å². The maximum Gasteiger partial charge on any atom is 0.407 e. The molecule has 0 aromatic heterocycles. The minimum atomic E-state index is -0.650. The van der Waals surface area contributed by atoms with E-state index >= 15 is 0 Å². The Kier molecular flexibility index (Phi) is 13.2. The molecule has 4 N–H and O–H groups in total. The molecule has 2 rings (SSSR count). The van der Waals surface area contributed by atoms with Gasteiger partial charge < -0.3 is 30.7 Å². The van der Waals surface area contributed by atoms with E-state index in [1.807, 2.05) is 13.8 Å². The minimum absolute atomic E-state index is 0.125. The van der Waals surface area contributed by atoms with E-state index < -0.39 is 24.2 Å². The van der Waals surface area contributed by atoms with Gasteiger partial charge in [-0.3, -0.25) is 9.59 Å². The van der Waals surface area contributed by atoms with Crippen molar-refractivity contribution in [3.05, 3.63) is 25.6 Å². The van der Waals surface area contributed by atoms with Gasteiger partial charge in [-0.2, -0.15) is 0 Å². The number of nitrogens with one attached hydrogen (secondary N) is 4. The highest BCUT2D eigenvalue weighted by Crippen LogP contribution is 2.47. The molecule has 0 aliphatic heterocycles. The van der Waals surface area contributed by atoms with Gasteiger partial charge in [-0.1, -0.05) is 54.7 Å². The normalized spacial score (nSPS) is 26.2. The Morgan fingerprint density at radius 1 is 0.674 bits per heavy atom. The number of carbonyl (C=O) groups is 6. The molecule has 2 aliphatic carbocycles. The molecule has 0 bridgehead atoms. The van der Waals surface area contributed by atoms with Gasteiger partial charge in [0.1, 0.15) is 13.2 Å². The summed E-state index contributed by atoms with van der Waals surface area (Å²) in [5.41, 5.74) is -0.943. The van der Waals surface area contributed by atoms with Crippen LogP contribution in [0.25, 0.3) is 0 Å². The van der Waals surface area contributed by atoms with Crippen LogP contribution in [0.1, 0.15) is 80.1 Å². The fraction of sp³-hybridized carbons (Fsp3) is 0.688. The highest BCUT2D eigenvalue weighted by Gasteiger charge is 2.43. The summed E-state index contributed by atoms with van der Waals surface area (Å²) >= 11 is 0. The van der Waals surface area contributed by atoms with Crippen molar-refractivity contribution in [2.24, 2.45) is 21.7 Å². The molecule has 4 unspecified atom stereocenters. The second kappa shape index (κ2) is 15.9. The number of urea groups is 2. The number of hydrogen-bond acceptors (Lipinski definition) is 8. The van der Waals surface area contributed by atoms with E-state index in [0.29, 0.717) is 51.6 Å². The van der Waals surface area contributed by atoms with E-state index in [1.54, 1.807) is 0 Å². The zero-order valence-electron chi connectivity index (χ0n) is 28.1. The third-order valence-electron chi connectivity index (χ3n) is 8.50. The van der Waals surface area contributed by atoms with Crippen LogP contribution in [0.2, 0.25) is 0 Å². The molecule has 0 saturated heterocycles. The van der Waals surface area contributed by atoms with Gasteiger partial charge in [-0.05, 0) is 60.2 Å². The molecule has 2 aliphatic rings. The van der Waals surface area contributed by atoms with Gasteiger partial charge in [-0.25, -0.2) is 29.0 Å². The molecule has 0 aromatic carbocycles. The molecule has 14 nitrogen and oxygen atoms in total. The Morgan fingerprint density at radius 3 is 1.33 bits per heavy atom. The first-order valence-electron chi connectivity index (χ1n) is 15.5. The third kappa shape index (κ3) is 12.0. The van der Waals surface area contributed by atoms with Crippen molar-refractivity contribution in [3.63, 3.8) is 0 Å². The van der Waals surface area contributed by atoms with Gasteiger partial charge in [-0.15, -0.1) is 0 Å². The lowest BCUT2D eigenvalue weighted by Gasteiger charge is -2.47. The summed E-state index contributed by atoms with van der Waals surface area (Å²) in [6.07, 6.45) is 5.98. The van der Waals surface area contributed by atoms with Crippen molar-refractivity contribution >= 4 is 37.1 Å². The van der Waals surface area contributed by atoms with Crippen LogP contribution in [0.4, 0.5) is 19.2 Å². The molecule has 4 atom stereocenters. The first-order chi connectivity index (χ1) is 21.4.